The van der Waals surface area contributed by atoms with Gasteiger partial charge in [0.1, 0.15) is 12.4 Å². The fraction of sp³-hybridized carbons (Fsp3) is 0.375. The number of hydrogen-bond donors (Lipinski definition) is 2. The molecule has 2 heterocycles. The Kier molecular flexibility index (Phi) is 5.10. The van der Waals surface area contributed by atoms with Crippen LogP contribution in [0.4, 0.5) is 10.5 Å². The van der Waals surface area contributed by atoms with E-state index in [0.29, 0.717) is 12.3 Å². The van der Waals surface area contributed by atoms with Gasteiger partial charge in [0, 0.05) is 38.9 Å². The Balaban J connectivity index is 1.36. The number of para-hydroxylation sites is 1. The lowest BCUT2D eigenvalue weighted by atomic mass is 10.3. The molecule has 1 aliphatic heterocycles. The van der Waals surface area contributed by atoms with Crippen LogP contribution in [0.1, 0.15) is 0 Å². The molecule has 0 atom stereocenters. The van der Waals surface area contributed by atoms with Crippen molar-refractivity contribution in [1.82, 2.24) is 20.0 Å². The summed E-state index contributed by atoms with van der Waals surface area (Å²) in [6.07, 6.45) is 3.25. The van der Waals surface area contributed by atoms with Crippen LogP contribution in [0.3, 0.4) is 0 Å². The highest BCUT2D eigenvalue weighted by Crippen LogP contribution is 2.09. The van der Waals surface area contributed by atoms with Crippen molar-refractivity contribution in [2.75, 3.05) is 44.6 Å². The minimum absolute atomic E-state index is 0.0772. The second-order valence-electron chi connectivity index (χ2n) is 5.41. The molecule has 3 rings (SSSR count). The molecule has 2 aromatic rings. The van der Waals surface area contributed by atoms with E-state index in [1.807, 2.05) is 35.2 Å². The molecular weight excluding hydrogens is 294 g/mol. The number of urea groups is 1. The fourth-order valence-electron chi connectivity index (χ4n) is 2.51. The molecule has 1 saturated heterocycles. The van der Waals surface area contributed by atoms with Crippen molar-refractivity contribution in [3.63, 3.8) is 0 Å². The average Bonchev–Trinajstić information content (AvgIpc) is 3.09. The lowest BCUT2D eigenvalue weighted by Gasteiger charge is -2.34. The topological polar surface area (TPSA) is 73.5 Å². The molecule has 2 N–H and O–H groups in total. The molecule has 7 heteroatoms. The smallest absolute Gasteiger partial charge is 0.322 e. The molecule has 1 fully saturated rings. The zero-order valence-corrected chi connectivity index (χ0v) is 12.9. The lowest BCUT2D eigenvalue weighted by Crippen LogP contribution is -2.50. The molecule has 7 nitrogen and oxygen atoms in total. The highest BCUT2D eigenvalue weighted by atomic mass is 16.5. The first-order chi connectivity index (χ1) is 11.3. The van der Waals surface area contributed by atoms with Gasteiger partial charge in [-0.2, -0.15) is 5.10 Å². The minimum Gasteiger partial charge on any atom is -0.492 e. The lowest BCUT2D eigenvalue weighted by molar-refractivity contribution is 0.132. The Morgan fingerprint density at radius 3 is 2.70 bits per heavy atom. The summed E-state index contributed by atoms with van der Waals surface area (Å²) in [6, 6.07) is 9.74. The molecule has 1 aromatic carbocycles. The van der Waals surface area contributed by atoms with Gasteiger partial charge in [0.25, 0.3) is 0 Å². The van der Waals surface area contributed by atoms with Crippen molar-refractivity contribution in [2.24, 2.45) is 0 Å². The number of carbonyl (C=O) groups is 1. The van der Waals surface area contributed by atoms with E-state index in [1.54, 1.807) is 12.4 Å². The summed E-state index contributed by atoms with van der Waals surface area (Å²) in [5.41, 5.74) is 0.689. The highest BCUT2D eigenvalue weighted by Gasteiger charge is 2.21. The van der Waals surface area contributed by atoms with Crippen LogP contribution in [0.15, 0.2) is 42.7 Å². The Morgan fingerprint density at radius 2 is 2.00 bits per heavy atom. The number of carbonyl (C=O) groups excluding carboxylic acids is 1. The quantitative estimate of drug-likeness (QED) is 0.880. The molecule has 0 aliphatic carbocycles. The van der Waals surface area contributed by atoms with E-state index in [2.05, 4.69) is 20.4 Å². The van der Waals surface area contributed by atoms with Crippen molar-refractivity contribution < 1.29 is 9.53 Å². The standard InChI is InChI=1S/C16H21N5O2/c22-16(19-14-12-17-18-13-14)21-8-6-20(7-9-21)10-11-23-15-4-2-1-3-5-15/h1-5,12-13H,6-11H2,(H,17,18)(H,19,22). The number of amides is 2. The number of benzene rings is 1. The van der Waals surface area contributed by atoms with E-state index in [0.717, 1.165) is 38.5 Å². The van der Waals surface area contributed by atoms with Crippen molar-refractivity contribution in [2.45, 2.75) is 0 Å². The highest BCUT2D eigenvalue weighted by molar-refractivity contribution is 5.89. The molecule has 1 aromatic heterocycles. The molecule has 23 heavy (non-hydrogen) atoms. The summed E-state index contributed by atoms with van der Waals surface area (Å²) in [5, 5.41) is 9.31. The van der Waals surface area contributed by atoms with E-state index in [4.69, 9.17) is 4.74 Å². The number of hydrogen-bond acceptors (Lipinski definition) is 4. The second kappa shape index (κ2) is 7.64. The molecule has 1 aliphatic rings. The number of piperazine rings is 1. The van der Waals surface area contributed by atoms with E-state index < -0.39 is 0 Å². The zero-order chi connectivity index (χ0) is 15.9. The van der Waals surface area contributed by atoms with Gasteiger partial charge < -0.3 is 15.0 Å². The van der Waals surface area contributed by atoms with Crippen molar-refractivity contribution in [3.8, 4) is 5.75 Å². The van der Waals surface area contributed by atoms with Gasteiger partial charge in [-0.3, -0.25) is 10.00 Å². The normalized spacial score (nSPS) is 15.4. The Hall–Kier alpha value is -2.54. The minimum atomic E-state index is -0.0772. The number of aromatic nitrogens is 2. The number of rotatable bonds is 5. The number of aromatic amines is 1. The molecule has 0 bridgehead atoms. The maximum absolute atomic E-state index is 12.1. The fourth-order valence-corrected chi connectivity index (χ4v) is 2.51. The summed E-state index contributed by atoms with van der Waals surface area (Å²) in [6.45, 7) is 4.68. The first-order valence-corrected chi connectivity index (χ1v) is 7.76. The van der Waals surface area contributed by atoms with Gasteiger partial charge in [-0.15, -0.1) is 0 Å². The monoisotopic (exact) mass is 315 g/mol. The maximum atomic E-state index is 12.1. The predicted octanol–water partition coefficient (Wildman–Crippen LogP) is 1.64. The Morgan fingerprint density at radius 1 is 1.22 bits per heavy atom. The molecule has 122 valence electrons. The Labute approximate surface area is 135 Å². The zero-order valence-electron chi connectivity index (χ0n) is 12.9. The third kappa shape index (κ3) is 4.46. The molecular formula is C16H21N5O2. The van der Waals surface area contributed by atoms with Crippen LogP contribution in [0.25, 0.3) is 0 Å². The summed E-state index contributed by atoms with van der Waals surface area (Å²) >= 11 is 0. The van der Waals surface area contributed by atoms with Gasteiger partial charge in [0.2, 0.25) is 0 Å². The summed E-state index contributed by atoms with van der Waals surface area (Å²) in [4.78, 5) is 16.2. The van der Waals surface area contributed by atoms with E-state index >= 15 is 0 Å². The van der Waals surface area contributed by atoms with Crippen LogP contribution in [0.5, 0.6) is 5.75 Å². The van der Waals surface area contributed by atoms with Crippen LogP contribution < -0.4 is 10.1 Å². The van der Waals surface area contributed by atoms with Crippen molar-refractivity contribution >= 4 is 11.7 Å². The average molecular weight is 315 g/mol. The van der Waals surface area contributed by atoms with Crippen LogP contribution >= 0.6 is 0 Å². The first-order valence-electron chi connectivity index (χ1n) is 7.76. The van der Waals surface area contributed by atoms with Crippen molar-refractivity contribution in [1.29, 1.82) is 0 Å². The number of ether oxygens (including phenoxy) is 1. The van der Waals surface area contributed by atoms with Gasteiger partial charge in [0.05, 0.1) is 11.9 Å². The summed E-state index contributed by atoms with van der Waals surface area (Å²) in [7, 11) is 0. The molecule has 2 amide bonds. The van der Waals surface area contributed by atoms with Gasteiger partial charge in [0.15, 0.2) is 0 Å². The van der Waals surface area contributed by atoms with Crippen LogP contribution in [0, 0.1) is 0 Å². The third-order valence-electron chi connectivity index (χ3n) is 3.83. The van der Waals surface area contributed by atoms with Gasteiger partial charge >= 0.3 is 6.03 Å². The second-order valence-corrected chi connectivity index (χ2v) is 5.41. The number of nitrogens with zero attached hydrogens (tertiary/aromatic N) is 3. The third-order valence-corrected chi connectivity index (χ3v) is 3.83. The van der Waals surface area contributed by atoms with Crippen molar-refractivity contribution in [3.05, 3.63) is 42.7 Å². The van der Waals surface area contributed by atoms with E-state index in [9.17, 15) is 4.79 Å². The van der Waals surface area contributed by atoms with E-state index in [-0.39, 0.29) is 6.03 Å². The van der Waals surface area contributed by atoms with Crippen LogP contribution in [-0.2, 0) is 0 Å². The maximum Gasteiger partial charge on any atom is 0.322 e. The molecule has 0 saturated carbocycles. The van der Waals surface area contributed by atoms with Crippen LogP contribution in [0.2, 0.25) is 0 Å². The van der Waals surface area contributed by atoms with Gasteiger partial charge in [-0.1, -0.05) is 18.2 Å². The Bertz CT molecular complexity index is 594. The molecule has 0 radical (unpaired) electrons. The van der Waals surface area contributed by atoms with Gasteiger partial charge in [-0.05, 0) is 12.1 Å². The summed E-state index contributed by atoms with van der Waals surface area (Å²) in [5.74, 6) is 0.894. The summed E-state index contributed by atoms with van der Waals surface area (Å²) < 4.78 is 5.71. The number of nitrogens with one attached hydrogen (secondary N) is 2. The van der Waals surface area contributed by atoms with E-state index in [1.165, 1.54) is 0 Å². The first kappa shape index (κ1) is 15.4. The SMILES string of the molecule is O=C(Nc1cn[nH]c1)N1CCN(CCOc2ccccc2)CC1. The largest absolute Gasteiger partial charge is 0.492 e. The molecule has 0 unspecified atom stereocenters. The number of anilines is 1. The van der Waals surface area contributed by atoms with Crippen LogP contribution in [-0.4, -0.2) is 65.4 Å². The van der Waals surface area contributed by atoms with Gasteiger partial charge in [-0.25, -0.2) is 4.79 Å². The number of H-pyrrole nitrogens is 1. The predicted molar refractivity (Wildman–Crippen MR) is 87.6 cm³/mol. The molecule has 0 spiro atoms.